The molecule has 2 aromatic carbocycles. The van der Waals surface area contributed by atoms with Crippen molar-refractivity contribution in [3.8, 4) is 0 Å². The van der Waals surface area contributed by atoms with Crippen LogP contribution in [0.25, 0.3) is 0 Å². The highest BCUT2D eigenvalue weighted by atomic mass is 19.4. The van der Waals surface area contributed by atoms with E-state index in [0.717, 1.165) is 5.56 Å². The minimum atomic E-state index is -4.35. The molecule has 0 aromatic heterocycles. The molecule has 0 aliphatic heterocycles. The topological polar surface area (TPSA) is 67.4 Å². The maximum Gasteiger partial charge on any atom is 0.411 e. The van der Waals surface area contributed by atoms with Gasteiger partial charge in [0.05, 0.1) is 6.61 Å². The van der Waals surface area contributed by atoms with E-state index in [4.69, 9.17) is 0 Å². The Morgan fingerprint density at radius 3 is 2.33 bits per heavy atom. The number of anilines is 1. The maximum absolute atomic E-state index is 12.2. The second-order valence-corrected chi connectivity index (χ2v) is 5.87. The molecular formula is C19H19F3N2O3. The van der Waals surface area contributed by atoms with Gasteiger partial charge in [-0.1, -0.05) is 30.3 Å². The number of nitrogens with one attached hydrogen (secondary N) is 2. The van der Waals surface area contributed by atoms with Crippen LogP contribution in [0.1, 0.15) is 28.4 Å². The fourth-order valence-electron chi connectivity index (χ4n) is 2.26. The minimum Gasteiger partial charge on any atom is -0.367 e. The van der Waals surface area contributed by atoms with Gasteiger partial charge in [0.15, 0.2) is 0 Å². The van der Waals surface area contributed by atoms with Crippen molar-refractivity contribution < 1.29 is 27.5 Å². The molecule has 0 bridgehead atoms. The standard InChI is InChI=1S/C19H19F3N2O3/c1-13(25)24-17-4-2-3-16(9-17)18(26)23-10-14-5-7-15(8-6-14)11-27-12-19(20,21)22/h2-9H,10-12H2,1H3,(H,23,26)(H,24,25). The van der Waals surface area contributed by atoms with Gasteiger partial charge in [0.2, 0.25) is 5.91 Å². The number of alkyl halides is 3. The molecule has 0 aliphatic carbocycles. The monoisotopic (exact) mass is 380 g/mol. The second kappa shape index (κ2) is 9.18. The van der Waals surface area contributed by atoms with Crippen LogP contribution in [0, 0.1) is 0 Å². The third kappa shape index (κ3) is 7.49. The highest BCUT2D eigenvalue weighted by Gasteiger charge is 2.27. The summed E-state index contributed by atoms with van der Waals surface area (Å²) in [7, 11) is 0. The summed E-state index contributed by atoms with van der Waals surface area (Å²) in [5, 5.41) is 5.35. The zero-order valence-electron chi connectivity index (χ0n) is 14.6. The molecule has 0 saturated carbocycles. The predicted octanol–water partition coefficient (Wildman–Crippen LogP) is 3.65. The number of amides is 2. The molecular weight excluding hydrogens is 361 g/mol. The molecule has 0 radical (unpaired) electrons. The fraction of sp³-hybridized carbons (Fsp3) is 0.263. The zero-order chi connectivity index (χ0) is 19.9. The van der Waals surface area contributed by atoms with E-state index in [0.29, 0.717) is 16.8 Å². The SMILES string of the molecule is CC(=O)Nc1cccc(C(=O)NCc2ccc(COCC(F)(F)F)cc2)c1. The van der Waals surface area contributed by atoms with E-state index >= 15 is 0 Å². The molecule has 0 fully saturated rings. The van der Waals surface area contributed by atoms with Gasteiger partial charge in [-0.25, -0.2) is 0 Å². The largest absolute Gasteiger partial charge is 0.411 e. The smallest absolute Gasteiger partial charge is 0.367 e. The lowest BCUT2D eigenvalue weighted by atomic mass is 10.1. The average Bonchev–Trinajstić information content (AvgIpc) is 2.59. The Hall–Kier alpha value is -2.87. The molecule has 0 atom stereocenters. The van der Waals surface area contributed by atoms with Gasteiger partial charge in [0.1, 0.15) is 6.61 Å². The van der Waals surface area contributed by atoms with E-state index in [2.05, 4.69) is 15.4 Å². The first-order valence-corrected chi connectivity index (χ1v) is 8.11. The molecule has 0 unspecified atom stereocenters. The van der Waals surface area contributed by atoms with Crippen molar-refractivity contribution >= 4 is 17.5 Å². The van der Waals surface area contributed by atoms with Crippen molar-refractivity contribution in [1.29, 1.82) is 0 Å². The minimum absolute atomic E-state index is 0.137. The van der Waals surface area contributed by atoms with Crippen LogP contribution < -0.4 is 10.6 Å². The van der Waals surface area contributed by atoms with Crippen LogP contribution in [0.3, 0.4) is 0 Å². The van der Waals surface area contributed by atoms with Gasteiger partial charge in [-0.2, -0.15) is 13.2 Å². The zero-order valence-corrected chi connectivity index (χ0v) is 14.6. The Morgan fingerprint density at radius 1 is 1.04 bits per heavy atom. The lowest BCUT2D eigenvalue weighted by molar-refractivity contribution is -0.176. The van der Waals surface area contributed by atoms with Crippen molar-refractivity contribution in [3.63, 3.8) is 0 Å². The first-order valence-electron chi connectivity index (χ1n) is 8.11. The number of rotatable bonds is 7. The molecule has 0 aliphatic rings. The summed E-state index contributed by atoms with van der Waals surface area (Å²) in [6, 6.07) is 13.2. The van der Waals surface area contributed by atoms with E-state index < -0.39 is 12.8 Å². The summed E-state index contributed by atoms with van der Waals surface area (Å²) in [4.78, 5) is 23.3. The van der Waals surface area contributed by atoms with E-state index in [1.807, 2.05) is 0 Å². The van der Waals surface area contributed by atoms with Gasteiger partial charge in [-0.3, -0.25) is 9.59 Å². The molecule has 0 heterocycles. The molecule has 2 rings (SSSR count). The first-order chi connectivity index (χ1) is 12.7. The Labute approximate surface area is 154 Å². The van der Waals surface area contributed by atoms with Gasteiger partial charge < -0.3 is 15.4 Å². The molecule has 8 heteroatoms. The highest BCUT2D eigenvalue weighted by molar-refractivity contribution is 5.96. The van der Waals surface area contributed by atoms with Gasteiger partial charge >= 0.3 is 6.18 Å². The third-order valence-electron chi connectivity index (χ3n) is 3.46. The normalized spacial score (nSPS) is 11.1. The van der Waals surface area contributed by atoms with Crippen LogP contribution in [0.5, 0.6) is 0 Å². The Bertz CT molecular complexity index is 790. The van der Waals surface area contributed by atoms with E-state index in [-0.39, 0.29) is 25.0 Å². The summed E-state index contributed by atoms with van der Waals surface area (Å²) in [6.45, 7) is 0.210. The fourth-order valence-corrected chi connectivity index (χ4v) is 2.26. The number of hydrogen-bond donors (Lipinski definition) is 2. The van der Waals surface area contributed by atoms with Crippen molar-refractivity contribution in [2.75, 3.05) is 11.9 Å². The van der Waals surface area contributed by atoms with E-state index in [1.54, 1.807) is 48.5 Å². The Morgan fingerprint density at radius 2 is 1.70 bits per heavy atom. The van der Waals surface area contributed by atoms with Crippen molar-refractivity contribution in [1.82, 2.24) is 5.32 Å². The Balaban J connectivity index is 1.85. The highest BCUT2D eigenvalue weighted by Crippen LogP contribution is 2.16. The number of carbonyl (C=O) groups is 2. The van der Waals surface area contributed by atoms with Gasteiger partial charge in [0.25, 0.3) is 5.91 Å². The summed E-state index contributed by atoms with van der Waals surface area (Å²) in [6.07, 6.45) is -4.35. The van der Waals surface area contributed by atoms with Gasteiger partial charge in [-0.15, -0.1) is 0 Å². The number of benzene rings is 2. The molecule has 2 amide bonds. The van der Waals surface area contributed by atoms with E-state index in [1.165, 1.54) is 6.92 Å². The number of halogens is 3. The third-order valence-corrected chi connectivity index (χ3v) is 3.46. The maximum atomic E-state index is 12.2. The summed E-state index contributed by atoms with van der Waals surface area (Å²) in [5.41, 5.74) is 2.33. The molecule has 144 valence electrons. The van der Waals surface area contributed by atoms with Crippen LogP contribution >= 0.6 is 0 Å². The summed E-state index contributed by atoms with van der Waals surface area (Å²) < 4.78 is 40.7. The van der Waals surface area contributed by atoms with Crippen LogP contribution in [0.4, 0.5) is 18.9 Å². The van der Waals surface area contributed by atoms with Crippen LogP contribution in [0.2, 0.25) is 0 Å². The van der Waals surface area contributed by atoms with Crippen molar-refractivity contribution in [2.45, 2.75) is 26.3 Å². The molecule has 0 saturated heterocycles. The van der Waals surface area contributed by atoms with E-state index in [9.17, 15) is 22.8 Å². The molecule has 27 heavy (non-hydrogen) atoms. The lowest BCUT2D eigenvalue weighted by Crippen LogP contribution is -2.23. The number of carbonyl (C=O) groups excluding carboxylic acids is 2. The predicted molar refractivity (Wildman–Crippen MR) is 94.1 cm³/mol. The molecule has 2 aromatic rings. The number of ether oxygens (including phenoxy) is 1. The second-order valence-electron chi connectivity index (χ2n) is 5.87. The molecule has 2 N–H and O–H groups in total. The lowest BCUT2D eigenvalue weighted by Gasteiger charge is -2.09. The van der Waals surface area contributed by atoms with Gasteiger partial charge in [-0.05, 0) is 29.3 Å². The van der Waals surface area contributed by atoms with Crippen LogP contribution in [0.15, 0.2) is 48.5 Å². The molecule has 5 nitrogen and oxygen atoms in total. The van der Waals surface area contributed by atoms with Crippen molar-refractivity contribution in [3.05, 3.63) is 65.2 Å². The van der Waals surface area contributed by atoms with Gasteiger partial charge in [0, 0.05) is 24.7 Å². The molecule has 0 spiro atoms. The number of hydrogen-bond acceptors (Lipinski definition) is 3. The van der Waals surface area contributed by atoms with Crippen LogP contribution in [-0.4, -0.2) is 24.6 Å². The Kier molecular flexibility index (Phi) is 6.95. The summed E-state index contributed by atoms with van der Waals surface area (Å²) in [5.74, 6) is -0.536. The quantitative estimate of drug-likeness (QED) is 0.771. The first kappa shape index (κ1) is 20.4. The van der Waals surface area contributed by atoms with Crippen molar-refractivity contribution in [2.24, 2.45) is 0 Å². The summed E-state index contributed by atoms with van der Waals surface area (Å²) >= 11 is 0. The average molecular weight is 380 g/mol. The van der Waals surface area contributed by atoms with Crippen LogP contribution in [-0.2, 0) is 22.7 Å².